The summed E-state index contributed by atoms with van der Waals surface area (Å²) in [6.45, 7) is 0.802. The van der Waals surface area contributed by atoms with Crippen LogP contribution in [0.4, 0.5) is 0 Å². The molecule has 0 saturated carbocycles. The number of sulfonamides is 1. The highest BCUT2D eigenvalue weighted by molar-refractivity contribution is 9.10. The van der Waals surface area contributed by atoms with Crippen molar-refractivity contribution in [2.24, 2.45) is 5.14 Å². The second-order valence-electron chi connectivity index (χ2n) is 3.45. The van der Waals surface area contributed by atoms with Gasteiger partial charge in [0.1, 0.15) is 4.90 Å². The summed E-state index contributed by atoms with van der Waals surface area (Å²) >= 11 is 9.10. The van der Waals surface area contributed by atoms with Gasteiger partial charge in [0.05, 0.1) is 11.6 Å². The summed E-state index contributed by atoms with van der Waals surface area (Å²) in [7, 11) is -2.32. The summed E-state index contributed by atoms with van der Waals surface area (Å²) in [6.07, 6.45) is 0.618. The normalized spacial score (nSPS) is 11.6. The number of methoxy groups -OCH3 is 1. The second kappa shape index (κ2) is 6.72. The highest BCUT2D eigenvalue weighted by Gasteiger charge is 2.19. The van der Waals surface area contributed by atoms with E-state index in [4.69, 9.17) is 26.2 Å². The standard InChI is InChI=1S/C10H13BrClNO4S/c1-16-3-2-4-17-10-8(12)5-7(11)6-9(10)18(13,14)15/h5-6H,2-4H2,1H3,(H2,13,14,15). The van der Waals surface area contributed by atoms with Gasteiger partial charge in [0, 0.05) is 24.6 Å². The fraction of sp³-hybridized carbons (Fsp3) is 0.400. The predicted molar refractivity (Wildman–Crippen MR) is 72.5 cm³/mol. The maximum Gasteiger partial charge on any atom is 0.241 e. The number of nitrogens with two attached hydrogens (primary N) is 1. The van der Waals surface area contributed by atoms with Gasteiger partial charge in [0.15, 0.2) is 5.75 Å². The Morgan fingerprint density at radius 2 is 2.06 bits per heavy atom. The fourth-order valence-electron chi connectivity index (χ4n) is 1.27. The molecule has 0 aliphatic carbocycles. The second-order valence-corrected chi connectivity index (χ2v) is 6.31. The molecule has 0 aliphatic rings. The molecule has 0 heterocycles. The molecule has 2 N–H and O–H groups in total. The molecule has 0 radical (unpaired) electrons. The quantitative estimate of drug-likeness (QED) is 0.790. The van der Waals surface area contributed by atoms with Crippen molar-refractivity contribution in [1.82, 2.24) is 0 Å². The van der Waals surface area contributed by atoms with Crippen molar-refractivity contribution in [2.45, 2.75) is 11.3 Å². The molecule has 0 saturated heterocycles. The summed E-state index contributed by atoms with van der Waals surface area (Å²) in [5.41, 5.74) is 0. The Labute approximate surface area is 119 Å². The van der Waals surface area contributed by atoms with Gasteiger partial charge in [0.25, 0.3) is 0 Å². The predicted octanol–water partition coefficient (Wildman–Crippen LogP) is 2.17. The average Bonchev–Trinajstić information content (AvgIpc) is 2.24. The Kier molecular flexibility index (Phi) is 5.87. The van der Waals surface area contributed by atoms with Gasteiger partial charge in [0.2, 0.25) is 10.0 Å². The highest BCUT2D eigenvalue weighted by atomic mass is 79.9. The van der Waals surface area contributed by atoms with Gasteiger partial charge >= 0.3 is 0 Å². The summed E-state index contributed by atoms with van der Waals surface area (Å²) in [5, 5.41) is 5.30. The Balaban J connectivity index is 3.02. The molecule has 1 aromatic rings. The van der Waals surface area contributed by atoms with Crippen molar-refractivity contribution in [2.75, 3.05) is 20.3 Å². The average molecular weight is 359 g/mol. The zero-order valence-electron chi connectivity index (χ0n) is 9.65. The SMILES string of the molecule is COCCCOc1c(Cl)cc(Br)cc1S(N)(=O)=O. The van der Waals surface area contributed by atoms with Crippen molar-refractivity contribution in [3.05, 3.63) is 21.6 Å². The molecule has 0 aliphatic heterocycles. The lowest BCUT2D eigenvalue weighted by Gasteiger charge is -2.12. The Morgan fingerprint density at radius 1 is 1.39 bits per heavy atom. The highest BCUT2D eigenvalue weighted by Crippen LogP contribution is 2.34. The fourth-order valence-corrected chi connectivity index (χ4v) is 3.06. The molecule has 0 fully saturated rings. The monoisotopic (exact) mass is 357 g/mol. The van der Waals surface area contributed by atoms with Crippen LogP contribution in [0.5, 0.6) is 5.75 Å². The van der Waals surface area contributed by atoms with Gasteiger partial charge in [-0.25, -0.2) is 13.6 Å². The van der Waals surface area contributed by atoms with E-state index in [9.17, 15) is 8.42 Å². The third-order valence-corrected chi connectivity index (χ3v) is 3.67. The topological polar surface area (TPSA) is 78.6 Å². The zero-order chi connectivity index (χ0) is 13.8. The van der Waals surface area contributed by atoms with E-state index in [0.29, 0.717) is 17.5 Å². The van der Waals surface area contributed by atoms with E-state index in [1.165, 1.54) is 6.07 Å². The zero-order valence-corrected chi connectivity index (χ0v) is 12.8. The molecule has 1 rings (SSSR count). The molecule has 8 heteroatoms. The number of halogens is 2. The molecule has 18 heavy (non-hydrogen) atoms. The summed E-state index contributed by atoms with van der Waals surface area (Å²) in [6, 6.07) is 2.90. The number of ether oxygens (including phenoxy) is 2. The van der Waals surface area contributed by atoms with Gasteiger partial charge in [-0.3, -0.25) is 0 Å². The van der Waals surface area contributed by atoms with E-state index in [1.807, 2.05) is 0 Å². The number of hydrogen-bond donors (Lipinski definition) is 1. The molecule has 0 unspecified atom stereocenters. The molecular formula is C10H13BrClNO4S. The molecule has 1 aromatic carbocycles. The van der Waals surface area contributed by atoms with Gasteiger partial charge < -0.3 is 9.47 Å². The maximum absolute atomic E-state index is 11.4. The van der Waals surface area contributed by atoms with Crippen LogP contribution in [-0.4, -0.2) is 28.7 Å². The minimum absolute atomic E-state index is 0.0680. The van der Waals surface area contributed by atoms with E-state index in [0.717, 1.165) is 0 Å². The molecule has 5 nitrogen and oxygen atoms in total. The molecule has 0 atom stereocenters. The van der Waals surface area contributed by atoms with Crippen LogP contribution in [0.2, 0.25) is 5.02 Å². The molecule has 102 valence electrons. The Hall–Kier alpha value is -0.340. The van der Waals surface area contributed by atoms with E-state index in [-0.39, 0.29) is 22.3 Å². The molecule has 0 aromatic heterocycles. The molecule has 0 amide bonds. The smallest absolute Gasteiger partial charge is 0.241 e. The van der Waals surface area contributed by atoms with Crippen molar-refractivity contribution < 1.29 is 17.9 Å². The Morgan fingerprint density at radius 3 is 2.61 bits per heavy atom. The van der Waals surface area contributed by atoms with Gasteiger partial charge in [-0.05, 0) is 12.1 Å². The summed E-state index contributed by atoms with van der Waals surface area (Å²) in [5.74, 6) is 0.0680. The lowest BCUT2D eigenvalue weighted by molar-refractivity contribution is 0.171. The van der Waals surface area contributed by atoms with Crippen LogP contribution < -0.4 is 9.88 Å². The van der Waals surface area contributed by atoms with Gasteiger partial charge in [-0.1, -0.05) is 27.5 Å². The molecule has 0 bridgehead atoms. The van der Waals surface area contributed by atoms with Crippen LogP contribution in [0.3, 0.4) is 0 Å². The number of primary sulfonamides is 1. The lowest BCUT2D eigenvalue weighted by Crippen LogP contribution is -2.15. The largest absolute Gasteiger partial charge is 0.491 e. The molecular weight excluding hydrogens is 346 g/mol. The van der Waals surface area contributed by atoms with Gasteiger partial charge in [-0.2, -0.15) is 0 Å². The number of rotatable bonds is 6. The summed E-state index contributed by atoms with van der Waals surface area (Å²) in [4.78, 5) is -0.140. The first-order valence-electron chi connectivity index (χ1n) is 5.00. The van der Waals surface area contributed by atoms with E-state index in [2.05, 4.69) is 15.9 Å². The lowest BCUT2D eigenvalue weighted by atomic mass is 10.3. The van der Waals surface area contributed by atoms with Crippen molar-refractivity contribution in [1.29, 1.82) is 0 Å². The van der Waals surface area contributed by atoms with Crippen LogP contribution in [-0.2, 0) is 14.8 Å². The molecule has 0 spiro atoms. The van der Waals surface area contributed by atoms with Crippen LogP contribution in [0.15, 0.2) is 21.5 Å². The minimum Gasteiger partial charge on any atom is -0.491 e. The Bertz CT molecular complexity index is 521. The number of hydrogen-bond acceptors (Lipinski definition) is 4. The van der Waals surface area contributed by atoms with Gasteiger partial charge in [-0.15, -0.1) is 0 Å². The summed E-state index contributed by atoms with van der Waals surface area (Å²) < 4.78 is 33.6. The van der Waals surface area contributed by atoms with Crippen molar-refractivity contribution in [3.8, 4) is 5.75 Å². The van der Waals surface area contributed by atoms with Crippen molar-refractivity contribution >= 4 is 37.6 Å². The van der Waals surface area contributed by atoms with Crippen LogP contribution >= 0.6 is 27.5 Å². The van der Waals surface area contributed by atoms with Crippen LogP contribution in [0, 0.1) is 0 Å². The first kappa shape index (κ1) is 15.7. The van der Waals surface area contributed by atoms with Crippen LogP contribution in [0.1, 0.15) is 6.42 Å². The van der Waals surface area contributed by atoms with Crippen LogP contribution in [0.25, 0.3) is 0 Å². The third-order valence-electron chi connectivity index (χ3n) is 2.02. The first-order chi connectivity index (χ1) is 8.36. The van der Waals surface area contributed by atoms with E-state index < -0.39 is 10.0 Å². The maximum atomic E-state index is 11.4. The van der Waals surface area contributed by atoms with E-state index in [1.54, 1.807) is 13.2 Å². The van der Waals surface area contributed by atoms with Crippen molar-refractivity contribution in [3.63, 3.8) is 0 Å². The van der Waals surface area contributed by atoms with E-state index >= 15 is 0 Å². The first-order valence-corrected chi connectivity index (χ1v) is 7.71. The number of benzene rings is 1. The minimum atomic E-state index is -3.89. The third kappa shape index (κ3) is 4.40.